The number of imidazole rings is 1. The van der Waals surface area contributed by atoms with Gasteiger partial charge in [0.15, 0.2) is 11.5 Å². The summed E-state index contributed by atoms with van der Waals surface area (Å²) in [5.41, 5.74) is 2.73. The summed E-state index contributed by atoms with van der Waals surface area (Å²) in [6.07, 6.45) is 2.93. The van der Waals surface area contributed by atoms with Crippen LogP contribution in [-0.2, 0) is 29.5 Å². The number of methoxy groups -OCH3 is 2. The first-order chi connectivity index (χ1) is 15.3. The number of ether oxygens (including phenoxy) is 2. The van der Waals surface area contributed by atoms with Gasteiger partial charge in [0.1, 0.15) is 5.82 Å². The Labute approximate surface area is 190 Å². The molecular weight excluding hydrogens is 428 g/mol. The molecule has 9 heteroatoms. The predicted molar refractivity (Wildman–Crippen MR) is 126 cm³/mol. The van der Waals surface area contributed by atoms with E-state index < -0.39 is 10.0 Å². The second-order valence-electron chi connectivity index (χ2n) is 7.91. The van der Waals surface area contributed by atoms with Gasteiger partial charge in [-0.15, -0.1) is 0 Å². The van der Waals surface area contributed by atoms with E-state index in [9.17, 15) is 8.42 Å². The van der Waals surface area contributed by atoms with E-state index >= 15 is 0 Å². The lowest BCUT2D eigenvalue weighted by Crippen LogP contribution is -2.23. The maximum Gasteiger partial charge on any atom is 0.238 e. The Kier molecular flexibility index (Phi) is 7.76. The molecule has 0 saturated heterocycles. The zero-order valence-electron chi connectivity index (χ0n) is 19.2. The molecule has 8 nitrogen and oxygen atoms in total. The second-order valence-corrected chi connectivity index (χ2v) is 9.47. The van der Waals surface area contributed by atoms with Crippen LogP contribution in [0.5, 0.6) is 11.5 Å². The van der Waals surface area contributed by atoms with Crippen LogP contribution < -0.4 is 14.6 Å². The minimum atomic E-state index is -3.77. The molecule has 1 heterocycles. The highest BCUT2D eigenvalue weighted by molar-refractivity contribution is 7.89. The smallest absolute Gasteiger partial charge is 0.238 e. The molecule has 3 rings (SSSR count). The topological polar surface area (TPSA) is 99.7 Å². The van der Waals surface area contributed by atoms with E-state index in [1.807, 2.05) is 18.2 Å². The van der Waals surface area contributed by atoms with Gasteiger partial charge in [0.25, 0.3) is 0 Å². The summed E-state index contributed by atoms with van der Waals surface area (Å²) >= 11 is 0. The normalized spacial score (nSPS) is 11.9. The molecule has 0 aliphatic heterocycles. The van der Waals surface area contributed by atoms with Crippen molar-refractivity contribution in [3.8, 4) is 11.5 Å². The van der Waals surface area contributed by atoms with E-state index in [4.69, 9.17) is 19.6 Å². The van der Waals surface area contributed by atoms with Crippen molar-refractivity contribution in [1.82, 2.24) is 14.5 Å². The molecule has 0 fully saturated rings. The zero-order valence-corrected chi connectivity index (χ0v) is 20.0. The molecule has 174 valence electrons. The Morgan fingerprint density at radius 3 is 2.50 bits per heavy atom. The number of likely N-dealkylation sites (N-methyl/N-ethyl adjacent to an activating group) is 1. The van der Waals surface area contributed by atoms with Crippen LogP contribution in [0.4, 0.5) is 0 Å². The van der Waals surface area contributed by atoms with E-state index in [0.717, 1.165) is 55.0 Å². The summed E-state index contributed by atoms with van der Waals surface area (Å²) < 4.78 is 36.4. The van der Waals surface area contributed by atoms with E-state index in [1.54, 1.807) is 32.4 Å². The van der Waals surface area contributed by atoms with Crippen LogP contribution in [-0.4, -0.2) is 50.7 Å². The molecule has 3 aromatic rings. The van der Waals surface area contributed by atoms with E-state index in [-0.39, 0.29) is 4.90 Å². The van der Waals surface area contributed by atoms with E-state index in [0.29, 0.717) is 17.8 Å². The zero-order chi connectivity index (χ0) is 23.3. The highest BCUT2D eigenvalue weighted by Crippen LogP contribution is 2.28. The molecule has 0 radical (unpaired) electrons. The lowest BCUT2D eigenvalue weighted by molar-refractivity contribution is 0.316. The van der Waals surface area contributed by atoms with Crippen molar-refractivity contribution < 1.29 is 17.9 Å². The molecule has 0 unspecified atom stereocenters. The first-order valence-electron chi connectivity index (χ1n) is 10.7. The maximum atomic E-state index is 11.7. The molecule has 2 N–H and O–H groups in total. The van der Waals surface area contributed by atoms with Crippen molar-refractivity contribution in [2.24, 2.45) is 5.14 Å². The van der Waals surface area contributed by atoms with Gasteiger partial charge in [0.05, 0.1) is 36.7 Å². The summed E-state index contributed by atoms with van der Waals surface area (Å²) in [4.78, 5) is 7.04. The Hall–Kier alpha value is -2.62. The molecule has 1 aromatic heterocycles. The molecule has 0 atom stereocenters. The SMILES string of the molecule is CCCCn1c(CN(C)CCc2ccc(OC)c(OC)c2)nc2cc(S(N)(=O)=O)ccc21. The quantitative estimate of drug-likeness (QED) is 0.472. The van der Waals surface area contributed by atoms with Crippen LogP contribution in [0, 0.1) is 0 Å². The fraction of sp³-hybridized carbons (Fsp3) is 0.435. The number of nitrogens with two attached hydrogens (primary N) is 1. The largest absolute Gasteiger partial charge is 0.493 e. The van der Waals surface area contributed by atoms with E-state index in [2.05, 4.69) is 23.4 Å². The number of hydrogen-bond donors (Lipinski definition) is 1. The molecular formula is C23H32N4O4S. The number of unbranched alkanes of at least 4 members (excludes halogenated alkanes) is 1. The van der Waals surface area contributed by atoms with Crippen molar-refractivity contribution in [3.63, 3.8) is 0 Å². The maximum absolute atomic E-state index is 11.7. The highest BCUT2D eigenvalue weighted by atomic mass is 32.2. The third-order valence-corrected chi connectivity index (χ3v) is 6.42. The predicted octanol–water partition coefficient (Wildman–Crippen LogP) is 3.18. The Bertz CT molecular complexity index is 1170. The number of fused-ring (bicyclic) bond motifs is 1. The van der Waals surface area contributed by atoms with Gasteiger partial charge in [0, 0.05) is 13.1 Å². The average Bonchev–Trinajstić information content (AvgIpc) is 3.11. The van der Waals surface area contributed by atoms with Gasteiger partial charge < -0.3 is 14.0 Å². The standard InChI is InChI=1S/C23H32N4O4S/c1-5-6-12-27-20-9-8-18(32(24,28)29)15-19(20)25-23(27)16-26(2)13-11-17-7-10-21(30-3)22(14-17)31-4/h7-10,14-15H,5-6,11-13,16H2,1-4H3,(H2,24,28,29). The number of benzene rings is 2. The van der Waals surface area contributed by atoms with E-state index in [1.165, 1.54) is 0 Å². The molecule has 2 aromatic carbocycles. The summed E-state index contributed by atoms with van der Waals surface area (Å²) in [6.45, 7) is 4.46. The first kappa shape index (κ1) is 24.0. The molecule has 0 aliphatic carbocycles. The molecule has 0 saturated carbocycles. The number of rotatable bonds is 11. The van der Waals surface area contributed by atoms with Crippen molar-refractivity contribution in [2.45, 2.75) is 44.2 Å². The van der Waals surface area contributed by atoms with Crippen molar-refractivity contribution in [1.29, 1.82) is 0 Å². The number of primary sulfonamides is 1. The number of sulfonamides is 1. The van der Waals surface area contributed by atoms with Crippen LogP contribution >= 0.6 is 0 Å². The van der Waals surface area contributed by atoms with Gasteiger partial charge in [0.2, 0.25) is 10.0 Å². The number of aryl methyl sites for hydroxylation is 1. The Morgan fingerprint density at radius 2 is 1.84 bits per heavy atom. The van der Waals surface area contributed by atoms with Crippen LogP contribution in [0.1, 0.15) is 31.2 Å². The van der Waals surface area contributed by atoms with Crippen molar-refractivity contribution >= 4 is 21.1 Å². The fourth-order valence-corrected chi connectivity index (χ4v) is 4.23. The third kappa shape index (κ3) is 5.59. The fourth-order valence-electron chi connectivity index (χ4n) is 3.70. The monoisotopic (exact) mass is 460 g/mol. The average molecular weight is 461 g/mol. The number of nitrogens with zero attached hydrogens (tertiary/aromatic N) is 3. The van der Waals surface area contributed by atoms with Gasteiger partial charge >= 0.3 is 0 Å². The summed E-state index contributed by atoms with van der Waals surface area (Å²) in [7, 11) is 1.55. The Morgan fingerprint density at radius 1 is 1.09 bits per heavy atom. The lowest BCUT2D eigenvalue weighted by Gasteiger charge is -2.18. The molecule has 0 spiro atoms. The van der Waals surface area contributed by atoms with Gasteiger partial charge in [-0.25, -0.2) is 18.5 Å². The van der Waals surface area contributed by atoms with Crippen LogP contribution in [0.2, 0.25) is 0 Å². The first-order valence-corrected chi connectivity index (χ1v) is 12.2. The highest BCUT2D eigenvalue weighted by Gasteiger charge is 2.16. The summed E-state index contributed by atoms with van der Waals surface area (Å²) in [5, 5.41) is 5.30. The van der Waals surface area contributed by atoms with Crippen molar-refractivity contribution in [2.75, 3.05) is 27.8 Å². The minimum absolute atomic E-state index is 0.0819. The molecule has 32 heavy (non-hydrogen) atoms. The van der Waals surface area contributed by atoms with Gasteiger partial charge in [-0.1, -0.05) is 19.4 Å². The lowest BCUT2D eigenvalue weighted by atomic mass is 10.1. The third-order valence-electron chi connectivity index (χ3n) is 5.50. The second kappa shape index (κ2) is 10.3. The minimum Gasteiger partial charge on any atom is -0.493 e. The van der Waals surface area contributed by atoms with Gasteiger partial charge in [-0.2, -0.15) is 0 Å². The number of hydrogen-bond acceptors (Lipinski definition) is 6. The molecule has 0 amide bonds. The summed E-state index contributed by atoms with van der Waals surface area (Å²) in [5.74, 6) is 2.35. The van der Waals surface area contributed by atoms with Crippen LogP contribution in [0.3, 0.4) is 0 Å². The molecule has 0 bridgehead atoms. The van der Waals surface area contributed by atoms with Gasteiger partial charge in [-0.3, -0.25) is 4.90 Å². The van der Waals surface area contributed by atoms with Crippen LogP contribution in [0.15, 0.2) is 41.3 Å². The number of aromatic nitrogens is 2. The summed E-state index contributed by atoms with van der Waals surface area (Å²) in [6, 6.07) is 10.9. The molecule has 0 aliphatic rings. The Balaban J connectivity index is 1.78. The van der Waals surface area contributed by atoms with Crippen LogP contribution in [0.25, 0.3) is 11.0 Å². The van der Waals surface area contributed by atoms with Gasteiger partial charge in [-0.05, 0) is 55.8 Å². The van der Waals surface area contributed by atoms with Crippen molar-refractivity contribution in [3.05, 3.63) is 47.8 Å².